The lowest BCUT2D eigenvalue weighted by Crippen LogP contribution is -2.53. The Balaban J connectivity index is 1.50. The monoisotopic (exact) mass is 479 g/mol. The van der Waals surface area contributed by atoms with E-state index >= 15 is 0 Å². The van der Waals surface area contributed by atoms with Crippen LogP contribution in [0.1, 0.15) is 105 Å². The maximum absolute atomic E-state index is 11.7. The third-order valence-electron chi connectivity index (χ3n) is 10.9. The van der Waals surface area contributed by atoms with Crippen LogP contribution in [0.25, 0.3) is 0 Å². The predicted octanol–water partition coefficient (Wildman–Crippen LogP) is 6.05. The smallest absolute Gasteiger partial charge is 0.211 e. The number of hydrogen-bond donors (Lipinski definition) is 2. The first kappa shape index (κ1) is 25.7. The van der Waals surface area contributed by atoms with E-state index < -0.39 is 15.6 Å². The van der Waals surface area contributed by atoms with Gasteiger partial charge in [-0.15, -0.1) is 0 Å². The summed E-state index contributed by atoms with van der Waals surface area (Å²) in [6.45, 7) is 12.2. The van der Waals surface area contributed by atoms with Crippen LogP contribution in [0, 0.1) is 46.3 Å². The highest BCUT2D eigenvalue weighted by molar-refractivity contribution is 7.89. The van der Waals surface area contributed by atoms with Gasteiger partial charge in [-0.05, 0) is 97.7 Å². The first-order valence-corrected chi connectivity index (χ1v) is 15.4. The normalized spacial score (nSPS) is 44.1. The van der Waals surface area contributed by atoms with Gasteiger partial charge < -0.3 is 5.11 Å². The highest BCUT2D eigenvalue weighted by Crippen LogP contribution is 2.67. The highest BCUT2D eigenvalue weighted by atomic mass is 32.2. The third kappa shape index (κ3) is 4.85. The minimum absolute atomic E-state index is 0.107. The van der Waals surface area contributed by atoms with Gasteiger partial charge in [-0.1, -0.05) is 65.5 Å². The summed E-state index contributed by atoms with van der Waals surface area (Å²) in [4.78, 5) is 0. The molecule has 33 heavy (non-hydrogen) atoms. The Kier molecular flexibility index (Phi) is 6.95. The Morgan fingerprint density at radius 2 is 1.79 bits per heavy atom. The third-order valence-corrected chi connectivity index (χ3v) is 11.9. The van der Waals surface area contributed by atoms with Crippen molar-refractivity contribution in [1.29, 1.82) is 0 Å². The summed E-state index contributed by atoms with van der Waals surface area (Å²) >= 11 is 0. The molecule has 0 unspecified atom stereocenters. The van der Waals surface area contributed by atoms with Gasteiger partial charge in [0.2, 0.25) is 10.0 Å². The van der Waals surface area contributed by atoms with E-state index in [2.05, 4.69) is 40.7 Å². The lowest BCUT2D eigenvalue weighted by molar-refractivity contribution is -0.0698. The largest absolute Gasteiger partial charge is 0.388 e. The van der Waals surface area contributed by atoms with Crippen LogP contribution < -0.4 is 5.14 Å². The Morgan fingerprint density at radius 1 is 1.06 bits per heavy atom. The molecular formula is C28H49NO3S. The van der Waals surface area contributed by atoms with Crippen molar-refractivity contribution in [2.75, 3.05) is 5.75 Å². The molecule has 8 atom stereocenters. The van der Waals surface area contributed by atoms with E-state index in [1.807, 2.05) is 0 Å². The Labute approximate surface area is 203 Å². The van der Waals surface area contributed by atoms with E-state index in [0.717, 1.165) is 42.4 Å². The molecule has 0 amide bonds. The van der Waals surface area contributed by atoms with Crippen molar-refractivity contribution in [2.24, 2.45) is 51.5 Å². The number of rotatable bonds is 7. The zero-order valence-electron chi connectivity index (χ0n) is 21.8. The van der Waals surface area contributed by atoms with Crippen LogP contribution in [0.5, 0.6) is 0 Å². The molecule has 0 saturated heterocycles. The standard InChI is InChI=1S/C28H49NO3S/c1-19(2)7-6-8-20(3)23-11-12-24-22-10-9-21-17-28(30,18-33(29,31)32)16-15-26(21,4)25(22)13-14-27(23,24)5/h9,19-20,22-25,30H,6-8,10-18H2,1-5H3,(H2,29,31,32)/t20-,22+,23-,24+,25+,26+,27-,28-/m1/s1. The minimum atomic E-state index is -3.69. The van der Waals surface area contributed by atoms with E-state index in [1.54, 1.807) is 0 Å². The summed E-state index contributed by atoms with van der Waals surface area (Å²) in [5.41, 5.74) is 0.693. The number of nitrogens with two attached hydrogens (primary N) is 1. The molecule has 4 nitrogen and oxygen atoms in total. The number of sulfonamides is 1. The van der Waals surface area contributed by atoms with Gasteiger partial charge >= 0.3 is 0 Å². The Morgan fingerprint density at radius 3 is 2.45 bits per heavy atom. The molecular weight excluding hydrogens is 430 g/mol. The summed E-state index contributed by atoms with van der Waals surface area (Å²) < 4.78 is 23.4. The fourth-order valence-corrected chi connectivity index (χ4v) is 10.2. The van der Waals surface area contributed by atoms with Gasteiger partial charge in [-0.3, -0.25) is 0 Å². The molecule has 0 heterocycles. The second-order valence-electron chi connectivity index (χ2n) is 13.5. The summed E-state index contributed by atoms with van der Waals surface area (Å²) in [6.07, 6.45) is 14.9. The molecule has 190 valence electrons. The Hall–Kier alpha value is -0.390. The van der Waals surface area contributed by atoms with Crippen LogP contribution in [-0.2, 0) is 10.0 Å². The van der Waals surface area contributed by atoms with Crippen LogP contribution in [0.3, 0.4) is 0 Å². The zero-order valence-corrected chi connectivity index (χ0v) is 22.6. The van der Waals surface area contributed by atoms with E-state index in [1.165, 1.54) is 50.5 Å². The number of hydrogen-bond acceptors (Lipinski definition) is 3. The molecule has 4 aliphatic rings. The molecule has 0 radical (unpaired) electrons. The van der Waals surface area contributed by atoms with E-state index in [-0.39, 0.29) is 11.2 Å². The maximum Gasteiger partial charge on any atom is 0.211 e. The predicted molar refractivity (Wildman–Crippen MR) is 136 cm³/mol. The van der Waals surface area contributed by atoms with Gasteiger partial charge in [0.1, 0.15) is 0 Å². The van der Waals surface area contributed by atoms with Crippen LogP contribution >= 0.6 is 0 Å². The summed E-state index contributed by atoms with van der Waals surface area (Å²) in [5, 5.41) is 16.4. The fraction of sp³-hybridized carbons (Fsp3) is 0.929. The minimum Gasteiger partial charge on any atom is -0.388 e. The van der Waals surface area contributed by atoms with E-state index in [0.29, 0.717) is 24.2 Å². The second kappa shape index (κ2) is 8.92. The van der Waals surface area contributed by atoms with Crippen LogP contribution in [0.15, 0.2) is 11.6 Å². The Bertz CT molecular complexity index is 866. The van der Waals surface area contributed by atoms with Crippen LogP contribution in [0.4, 0.5) is 0 Å². The molecule has 0 aromatic carbocycles. The lowest BCUT2D eigenvalue weighted by atomic mass is 9.46. The van der Waals surface area contributed by atoms with Gasteiger partial charge in [-0.2, -0.15) is 0 Å². The molecule has 3 fully saturated rings. The molecule has 4 aliphatic carbocycles. The number of primary sulfonamides is 1. The highest BCUT2D eigenvalue weighted by Gasteiger charge is 2.60. The van der Waals surface area contributed by atoms with Crippen molar-refractivity contribution in [2.45, 2.75) is 111 Å². The zero-order chi connectivity index (χ0) is 24.2. The first-order valence-electron chi connectivity index (χ1n) is 13.7. The molecule has 3 saturated carbocycles. The van der Waals surface area contributed by atoms with E-state index in [4.69, 9.17) is 5.14 Å². The summed E-state index contributed by atoms with van der Waals surface area (Å²) in [6, 6.07) is 0. The van der Waals surface area contributed by atoms with E-state index in [9.17, 15) is 13.5 Å². The number of allylic oxidation sites excluding steroid dienone is 1. The molecule has 0 bridgehead atoms. The molecule has 0 aromatic heterocycles. The van der Waals surface area contributed by atoms with Crippen LogP contribution in [0.2, 0.25) is 0 Å². The topological polar surface area (TPSA) is 80.4 Å². The summed E-state index contributed by atoms with van der Waals surface area (Å²) in [5.74, 6) is 4.40. The average Bonchev–Trinajstić information content (AvgIpc) is 3.04. The summed E-state index contributed by atoms with van der Waals surface area (Å²) in [7, 11) is -3.69. The first-order chi connectivity index (χ1) is 15.3. The van der Waals surface area contributed by atoms with Gasteiger partial charge in [-0.25, -0.2) is 13.6 Å². The molecule has 0 spiro atoms. The van der Waals surface area contributed by atoms with Crippen molar-refractivity contribution in [3.8, 4) is 0 Å². The van der Waals surface area contributed by atoms with Crippen molar-refractivity contribution in [1.82, 2.24) is 0 Å². The molecule has 0 aromatic rings. The molecule has 5 heteroatoms. The van der Waals surface area contributed by atoms with Crippen LogP contribution in [-0.4, -0.2) is 24.9 Å². The molecule has 3 N–H and O–H groups in total. The van der Waals surface area contributed by atoms with Crippen molar-refractivity contribution < 1.29 is 13.5 Å². The second-order valence-corrected chi connectivity index (χ2v) is 15.1. The van der Waals surface area contributed by atoms with Crippen molar-refractivity contribution >= 4 is 10.0 Å². The average molecular weight is 480 g/mol. The van der Waals surface area contributed by atoms with Crippen molar-refractivity contribution in [3.05, 3.63) is 11.6 Å². The molecule has 0 aliphatic heterocycles. The van der Waals surface area contributed by atoms with Gasteiger partial charge in [0.05, 0.1) is 11.4 Å². The van der Waals surface area contributed by atoms with Gasteiger partial charge in [0.25, 0.3) is 0 Å². The molecule has 4 rings (SSSR count). The number of fused-ring (bicyclic) bond motifs is 5. The maximum atomic E-state index is 11.7. The SMILES string of the molecule is CC(C)CCC[C@@H](C)[C@H]1CC[C@H]2[C@@H]3CC=C4C[C@@](O)(CS(N)(=O)=O)CC[C@]4(C)[C@H]3CC[C@]12C. The van der Waals surface area contributed by atoms with Crippen molar-refractivity contribution in [3.63, 3.8) is 0 Å². The fourth-order valence-electron chi connectivity index (χ4n) is 9.23. The van der Waals surface area contributed by atoms with Gasteiger partial charge in [0.15, 0.2) is 0 Å². The lowest BCUT2D eigenvalue weighted by Gasteiger charge is -2.59. The quantitative estimate of drug-likeness (QED) is 0.436. The number of aliphatic hydroxyl groups is 1. The van der Waals surface area contributed by atoms with Gasteiger partial charge in [0, 0.05) is 0 Å².